The van der Waals surface area contributed by atoms with E-state index in [0.29, 0.717) is 6.04 Å². The van der Waals surface area contributed by atoms with Crippen molar-refractivity contribution in [2.45, 2.75) is 137 Å². The summed E-state index contributed by atoms with van der Waals surface area (Å²) in [6.07, 6.45) is 18.9. The molecule has 0 aliphatic carbocycles. The lowest BCUT2D eigenvalue weighted by Crippen LogP contribution is -2.09. The first-order chi connectivity index (χ1) is 22.7. The number of hydrogen-bond donors (Lipinski definition) is 0. The van der Waals surface area contributed by atoms with Crippen molar-refractivity contribution in [2.75, 3.05) is 0 Å². The minimum absolute atomic E-state index is 0.534. The maximum atomic E-state index is 2.84. The lowest BCUT2D eigenvalue weighted by atomic mass is 9.99. The Morgan fingerprint density at radius 3 is 1.33 bits per heavy atom. The number of nitrogens with zero attached hydrogens (tertiary/aromatic N) is 3. The van der Waals surface area contributed by atoms with Crippen LogP contribution in [-0.4, -0.2) is 13.7 Å². The van der Waals surface area contributed by atoms with Gasteiger partial charge in [-0.1, -0.05) is 90.9 Å². The average Bonchev–Trinajstić information content (AvgIpc) is 3.88. The number of unbranched alkanes of at least 4 members (excludes halogenated alkanes) is 10. The minimum Gasteiger partial charge on any atom is -0.340 e. The number of thiophene rings is 2. The molecule has 7 aromatic rings. The van der Waals surface area contributed by atoms with E-state index in [1.54, 1.807) is 0 Å². The van der Waals surface area contributed by atoms with Crippen LogP contribution in [0.3, 0.4) is 0 Å². The third-order valence-electron chi connectivity index (χ3n) is 10.8. The number of fused-ring (bicyclic) bond motifs is 9. The Morgan fingerprint density at radius 1 is 0.478 bits per heavy atom. The molecule has 5 heteroatoms. The second kappa shape index (κ2) is 14.2. The Labute approximate surface area is 283 Å². The van der Waals surface area contributed by atoms with Crippen LogP contribution < -0.4 is 0 Å². The van der Waals surface area contributed by atoms with Crippen LogP contribution in [0.5, 0.6) is 0 Å². The fourth-order valence-electron chi connectivity index (χ4n) is 8.41. The zero-order chi connectivity index (χ0) is 31.6. The summed E-state index contributed by atoms with van der Waals surface area (Å²) in [5, 5.41) is 10.3. The van der Waals surface area contributed by atoms with Crippen LogP contribution in [0.2, 0.25) is 0 Å². The molecule has 0 spiro atoms. The van der Waals surface area contributed by atoms with Crippen molar-refractivity contribution in [3.8, 4) is 0 Å². The van der Waals surface area contributed by atoms with Gasteiger partial charge in [-0.05, 0) is 73.8 Å². The van der Waals surface area contributed by atoms with Crippen LogP contribution in [0.25, 0.3) is 64.0 Å². The van der Waals surface area contributed by atoms with E-state index >= 15 is 0 Å². The lowest BCUT2D eigenvalue weighted by molar-refractivity contribution is 0.410. The highest BCUT2D eigenvalue weighted by Gasteiger charge is 2.23. The van der Waals surface area contributed by atoms with Gasteiger partial charge in [0, 0.05) is 40.7 Å². The third kappa shape index (κ3) is 5.60. The number of rotatable bonds is 17. The van der Waals surface area contributed by atoms with Crippen molar-refractivity contribution >= 4 is 86.7 Å². The van der Waals surface area contributed by atoms with Gasteiger partial charge < -0.3 is 13.7 Å². The van der Waals surface area contributed by atoms with Gasteiger partial charge in [-0.15, -0.1) is 22.7 Å². The maximum Gasteiger partial charge on any atom is 0.0601 e. The summed E-state index contributed by atoms with van der Waals surface area (Å²) in [5.41, 5.74) is 8.48. The highest BCUT2D eigenvalue weighted by molar-refractivity contribution is 7.18. The summed E-state index contributed by atoms with van der Waals surface area (Å²) in [4.78, 5) is 0. The number of aryl methyl sites for hydroxylation is 2. The van der Waals surface area contributed by atoms with Gasteiger partial charge in [0.25, 0.3) is 0 Å². The van der Waals surface area contributed by atoms with Crippen LogP contribution in [0.4, 0.5) is 0 Å². The van der Waals surface area contributed by atoms with Gasteiger partial charge in [0.1, 0.15) is 0 Å². The van der Waals surface area contributed by atoms with E-state index in [1.165, 1.54) is 154 Å². The Bertz CT molecular complexity index is 1930. The first-order valence-corrected chi connectivity index (χ1v) is 20.3. The standard InChI is InChI=1S/C41H53N3S2/c1-5-9-11-13-15-17-19-29(20-18-16-14-12-10-6-2)44-38-27-32-36(42(7-3)34-21-23-45-40(32)34)25-30(38)31-26-37-33(28-39(31)44)41-35(22-24-46-41)43(37)8-4/h21-29H,5-20H2,1-4H3. The summed E-state index contributed by atoms with van der Waals surface area (Å²) in [6, 6.07) is 15.5. The molecule has 0 atom stereocenters. The van der Waals surface area contributed by atoms with E-state index in [4.69, 9.17) is 0 Å². The first-order valence-electron chi connectivity index (χ1n) is 18.6. The normalized spacial score (nSPS) is 12.6. The smallest absolute Gasteiger partial charge is 0.0601 e. The van der Waals surface area contributed by atoms with Crippen molar-refractivity contribution in [1.29, 1.82) is 0 Å². The van der Waals surface area contributed by atoms with Gasteiger partial charge in [0.05, 0.1) is 42.5 Å². The number of hydrogen-bond acceptors (Lipinski definition) is 2. The summed E-state index contributed by atoms with van der Waals surface area (Å²) >= 11 is 3.82. The fraction of sp³-hybridized carbons (Fsp3) is 0.512. The molecule has 0 unspecified atom stereocenters. The average molecular weight is 652 g/mol. The first kappa shape index (κ1) is 31.8. The van der Waals surface area contributed by atoms with Gasteiger partial charge in [-0.2, -0.15) is 0 Å². The van der Waals surface area contributed by atoms with Crippen LogP contribution in [0.1, 0.15) is 124 Å². The molecule has 0 saturated carbocycles. The predicted octanol–water partition coefficient (Wildman–Crippen LogP) is 14.2. The van der Waals surface area contributed by atoms with Crippen molar-refractivity contribution in [3.05, 3.63) is 47.2 Å². The monoisotopic (exact) mass is 651 g/mol. The van der Waals surface area contributed by atoms with E-state index in [2.05, 4.69) is 88.6 Å². The summed E-state index contributed by atoms with van der Waals surface area (Å²) in [7, 11) is 0. The van der Waals surface area contributed by atoms with Gasteiger partial charge in [-0.25, -0.2) is 0 Å². The Kier molecular flexibility index (Phi) is 9.79. The molecule has 5 aromatic heterocycles. The summed E-state index contributed by atoms with van der Waals surface area (Å²) in [5.74, 6) is 0. The largest absolute Gasteiger partial charge is 0.340 e. The molecule has 0 amide bonds. The van der Waals surface area contributed by atoms with Crippen LogP contribution in [-0.2, 0) is 13.1 Å². The lowest BCUT2D eigenvalue weighted by Gasteiger charge is -2.22. The number of aromatic nitrogens is 3. The zero-order valence-electron chi connectivity index (χ0n) is 28.7. The van der Waals surface area contributed by atoms with Gasteiger partial charge >= 0.3 is 0 Å². The molecule has 2 aromatic carbocycles. The van der Waals surface area contributed by atoms with Crippen LogP contribution >= 0.6 is 22.7 Å². The molecule has 244 valence electrons. The molecule has 0 aliphatic rings. The van der Waals surface area contributed by atoms with E-state index in [-0.39, 0.29) is 0 Å². The summed E-state index contributed by atoms with van der Waals surface area (Å²) < 4.78 is 10.8. The van der Waals surface area contributed by atoms with Gasteiger partial charge in [0.2, 0.25) is 0 Å². The SMILES string of the molecule is CCCCCCCCC(CCCCCCCC)n1c2cc3c4sccc4n(CC)c3cc2c2cc3c(cc21)c1sccc1n3CC. The number of benzene rings is 2. The molecule has 0 N–H and O–H groups in total. The van der Waals surface area contributed by atoms with Crippen molar-refractivity contribution in [2.24, 2.45) is 0 Å². The van der Waals surface area contributed by atoms with Gasteiger partial charge in [0.15, 0.2) is 0 Å². The van der Waals surface area contributed by atoms with E-state index in [0.717, 1.165) is 13.1 Å². The Hall–Kier alpha value is -2.76. The molecule has 5 heterocycles. The molecule has 3 nitrogen and oxygen atoms in total. The predicted molar refractivity (Wildman–Crippen MR) is 208 cm³/mol. The Balaban J connectivity index is 1.41. The molecular formula is C41H53N3S2. The van der Waals surface area contributed by atoms with Crippen LogP contribution in [0, 0.1) is 0 Å². The zero-order valence-corrected chi connectivity index (χ0v) is 30.3. The van der Waals surface area contributed by atoms with Crippen molar-refractivity contribution in [1.82, 2.24) is 13.7 Å². The summed E-state index contributed by atoms with van der Waals surface area (Å²) in [6.45, 7) is 11.2. The third-order valence-corrected chi connectivity index (χ3v) is 12.6. The highest BCUT2D eigenvalue weighted by Crippen LogP contribution is 2.44. The van der Waals surface area contributed by atoms with Crippen LogP contribution in [0.15, 0.2) is 47.2 Å². The Morgan fingerprint density at radius 2 is 0.891 bits per heavy atom. The molecule has 46 heavy (non-hydrogen) atoms. The molecule has 0 saturated heterocycles. The van der Waals surface area contributed by atoms with E-state index in [9.17, 15) is 0 Å². The second-order valence-electron chi connectivity index (χ2n) is 13.7. The van der Waals surface area contributed by atoms with Gasteiger partial charge in [-0.3, -0.25) is 0 Å². The second-order valence-corrected chi connectivity index (χ2v) is 15.5. The van der Waals surface area contributed by atoms with Crippen molar-refractivity contribution in [3.63, 3.8) is 0 Å². The quantitative estimate of drug-likeness (QED) is 0.0870. The molecule has 7 rings (SSSR count). The minimum atomic E-state index is 0.534. The topological polar surface area (TPSA) is 14.8 Å². The maximum absolute atomic E-state index is 2.84. The molecular weight excluding hydrogens is 599 g/mol. The van der Waals surface area contributed by atoms with E-state index in [1.807, 2.05) is 22.7 Å². The van der Waals surface area contributed by atoms with E-state index < -0.39 is 0 Å². The molecule has 0 bridgehead atoms. The molecule has 0 aliphatic heterocycles. The molecule has 0 fully saturated rings. The fourth-order valence-corrected chi connectivity index (χ4v) is 10.3. The highest BCUT2D eigenvalue weighted by atomic mass is 32.1. The molecule has 0 radical (unpaired) electrons. The van der Waals surface area contributed by atoms with Crippen molar-refractivity contribution < 1.29 is 0 Å².